The summed E-state index contributed by atoms with van der Waals surface area (Å²) in [5, 5.41) is 10.4. The Morgan fingerprint density at radius 3 is 2.42 bits per heavy atom. The molecule has 26 heavy (non-hydrogen) atoms. The van der Waals surface area contributed by atoms with Crippen LogP contribution in [0, 0.1) is 13.8 Å². The summed E-state index contributed by atoms with van der Waals surface area (Å²) in [5.74, 6) is 0.572. The number of amides is 1. The van der Waals surface area contributed by atoms with Gasteiger partial charge in [0.2, 0.25) is 5.82 Å². The highest BCUT2D eigenvalue weighted by atomic mass is 79.9. The number of rotatable bonds is 5. The van der Waals surface area contributed by atoms with Crippen LogP contribution in [0.4, 0.5) is 5.82 Å². The molecule has 6 nitrogen and oxygen atoms in total. The van der Waals surface area contributed by atoms with Gasteiger partial charge < -0.3 is 10.1 Å². The van der Waals surface area contributed by atoms with Crippen molar-refractivity contribution in [2.24, 2.45) is 0 Å². The van der Waals surface area contributed by atoms with Gasteiger partial charge in [-0.3, -0.25) is 4.79 Å². The molecule has 0 aliphatic heterocycles. The Kier molecular flexibility index (Phi) is 5.37. The average molecular weight is 416 g/mol. The van der Waals surface area contributed by atoms with E-state index in [2.05, 4.69) is 31.6 Å². The number of hydrogen-bond acceptors (Lipinski definition) is 5. The molecule has 0 fully saturated rings. The summed E-state index contributed by atoms with van der Waals surface area (Å²) in [7, 11) is 0. The molecule has 1 amide bonds. The minimum absolute atomic E-state index is 0.258. The molecule has 1 heterocycles. The van der Waals surface area contributed by atoms with Crippen LogP contribution in [0.25, 0.3) is 11.3 Å². The van der Waals surface area contributed by atoms with Gasteiger partial charge in [0.15, 0.2) is 11.8 Å². The summed E-state index contributed by atoms with van der Waals surface area (Å²) in [6.45, 7) is 5.64. The lowest BCUT2D eigenvalue weighted by atomic mass is 10.1. The molecule has 0 radical (unpaired) electrons. The maximum Gasteiger partial charge on any atom is 0.266 e. The van der Waals surface area contributed by atoms with E-state index in [1.54, 1.807) is 6.92 Å². The van der Waals surface area contributed by atoms with Crippen LogP contribution in [0.15, 0.2) is 51.6 Å². The second kappa shape index (κ2) is 7.70. The fourth-order valence-electron chi connectivity index (χ4n) is 2.54. The normalized spacial score (nSPS) is 11.8. The quantitative estimate of drug-likeness (QED) is 0.662. The number of halogens is 1. The largest absolute Gasteiger partial charge is 0.481 e. The van der Waals surface area contributed by atoms with E-state index in [4.69, 9.17) is 9.37 Å². The highest BCUT2D eigenvalue weighted by molar-refractivity contribution is 9.10. The van der Waals surface area contributed by atoms with Crippen molar-refractivity contribution in [3.63, 3.8) is 0 Å². The standard InChI is InChI=1S/C19H18BrN3O3/c1-11-8-12(2)10-16(9-11)25-13(3)19(24)21-18-17(22-26-23-18)14-4-6-15(20)7-5-14/h4-10,13H,1-3H3,(H,21,23,24)/t13-/m1/s1. The van der Waals surface area contributed by atoms with Gasteiger partial charge in [0.1, 0.15) is 5.75 Å². The zero-order valence-electron chi connectivity index (χ0n) is 14.6. The van der Waals surface area contributed by atoms with Crippen molar-refractivity contribution >= 4 is 27.7 Å². The summed E-state index contributed by atoms with van der Waals surface area (Å²) in [6.07, 6.45) is -0.703. The van der Waals surface area contributed by atoms with E-state index >= 15 is 0 Å². The van der Waals surface area contributed by atoms with E-state index in [0.717, 1.165) is 21.2 Å². The molecule has 2 aromatic carbocycles. The predicted molar refractivity (Wildman–Crippen MR) is 102 cm³/mol. The third kappa shape index (κ3) is 4.29. The molecule has 0 saturated carbocycles. The fourth-order valence-corrected chi connectivity index (χ4v) is 2.81. The maximum atomic E-state index is 12.5. The Bertz CT molecular complexity index is 902. The van der Waals surface area contributed by atoms with E-state index in [-0.39, 0.29) is 11.7 Å². The number of aromatic nitrogens is 2. The van der Waals surface area contributed by atoms with Crippen molar-refractivity contribution in [1.82, 2.24) is 10.3 Å². The van der Waals surface area contributed by atoms with Gasteiger partial charge in [-0.15, -0.1) is 0 Å². The highest BCUT2D eigenvalue weighted by Crippen LogP contribution is 2.26. The summed E-state index contributed by atoms with van der Waals surface area (Å²) in [4.78, 5) is 12.5. The number of hydrogen-bond donors (Lipinski definition) is 1. The van der Waals surface area contributed by atoms with Crippen LogP contribution in [-0.2, 0) is 4.79 Å². The van der Waals surface area contributed by atoms with Gasteiger partial charge in [-0.05, 0) is 66.5 Å². The predicted octanol–water partition coefficient (Wildman–Crippen LogP) is 4.52. The van der Waals surface area contributed by atoms with Crippen LogP contribution in [0.1, 0.15) is 18.1 Å². The number of ether oxygens (including phenoxy) is 1. The Morgan fingerprint density at radius 2 is 1.77 bits per heavy atom. The minimum atomic E-state index is -0.703. The molecule has 0 aliphatic carbocycles. The van der Waals surface area contributed by atoms with E-state index in [0.29, 0.717) is 11.4 Å². The van der Waals surface area contributed by atoms with Crippen molar-refractivity contribution in [2.45, 2.75) is 26.9 Å². The van der Waals surface area contributed by atoms with Gasteiger partial charge >= 0.3 is 0 Å². The second-order valence-corrected chi connectivity index (χ2v) is 6.96. The highest BCUT2D eigenvalue weighted by Gasteiger charge is 2.20. The van der Waals surface area contributed by atoms with Crippen molar-refractivity contribution in [3.05, 3.63) is 58.1 Å². The molecule has 0 saturated heterocycles. The lowest BCUT2D eigenvalue weighted by Gasteiger charge is -2.15. The topological polar surface area (TPSA) is 77.2 Å². The number of nitrogens with one attached hydrogen (secondary N) is 1. The van der Waals surface area contributed by atoms with Gasteiger partial charge in [-0.25, -0.2) is 4.63 Å². The van der Waals surface area contributed by atoms with Crippen molar-refractivity contribution in [3.8, 4) is 17.0 Å². The molecule has 0 unspecified atom stereocenters. The molecule has 0 bridgehead atoms. The second-order valence-electron chi connectivity index (χ2n) is 6.04. The molecule has 0 aliphatic rings. The van der Waals surface area contributed by atoms with Gasteiger partial charge in [0.05, 0.1) is 0 Å². The molecule has 3 rings (SSSR count). The SMILES string of the molecule is Cc1cc(C)cc(O[C@H](C)C(=O)Nc2nonc2-c2ccc(Br)cc2)c1. The molecular weight excluding hydrogens is 398 g/mol. The zero-order chi connectivity index (χ0) is 18.7. The third-order valence-corrected chi connectivity index (χ3v) is 4.25. The third-order valence-electron chi connectivity index (χ3n) is 3.73. The Balaban J connectivity index is 1.72. The van der Waals surface area contributed by atoms with Crippen LogP contribution < -0.4 is 10.1 Å². The van der Waals surface area contributed by atoms with E-state index in [1.165, 1.54) is 0 Å². The van der Waals surface area contributed by atoms with Crippen molar-refractivity contribution < 1.29 is 14.2 Å². The zero-order valence-corrected chi connectivity index (χ0v) is 16.2. The Morgan fingerprint density at radius 1 is 1.12 bits per heavy atom. The van der Waals surface area contributed by atoms with Crippen LogP contribution >= 0.6 is 15.9 Å². The minimum Gasteiger partial charge on any atom is -0.481 e. The van der Waals surface area contributed by atoms with Gasteiger partial charge in [-0.1, -0.05) is 34.1 Å². The van der Waals surface area contributed by atoms with Crippen LogP contribution in [0.2, 0.25) is 0 Å². The number of aryl methyl sites for hydroxylation is 2. The van der Waals surface area contributed by atoms with Gasteiger partial charge in [-0.2, -0.15) is 0 Å². The van der Waals surface area contributed by atoms with Crippen LogP contribution in [-0.4, -0.2) is 22.3 Å². The molecular formula is C19H18BrN3O3. The summed E-state index contributed by atoms with van der Waals surface area (Å²) in [6, 6.07) is 13.3. The number of anilines is 1. The number of carbonyl (C=O) groups excluding carboxylic acids is 1. The first kappa shape index (κ1) is 18.1. The van der Waals surface area contributed by atoms with Gasteiger partial charge in [0.25, 0.3) is 5.91 Å². The smallest absolute Gasteiger partial charge is 0.266 e. The van der Waals surface area contributed by atoms with Crippen molar-refractivity contribution in [2.75, 3.05) is 5.32 Å². The molecule has 3 aromatic rings. The van der Waals surface area contributed by atoms with Crippen LogP contribution in [0.5, 0.6) is 5.75 Å². The first-order valence-electron chi connectivity index (χ1n) is 8.06. The molecule has 0 spiro atoms. The summed E-state index contributed by atoms with van der Waals surface area (Å²) >= 11 is 3.38. The van der Waals surface area contributed by atoms with E-state index in [9.17, 15) is 4.79 Å². The molecule has 1 N–H and O–H groups in total. The first-order valence-corrected chi connectivity index (χ1v) is 8.86. The van der Waals surface area contributed by atoms with E-state index < -0.39 is 6.10 Å². The lowest BCUT2D eigenvalue weighted by molar-refractivity contribution is -0.122. The Hall–Kier alpha value is -2.67. The lowest BCUT2D eigenvalue weighted by Crippen LogP contribution is -2.30. The molecule has 1 atom stereocenters. The number of nitrogens with zero attached hydrogens (tertiary/aromatic N) is 2. The molecule has 1 aromatic heterocycles. The van der Waals surface area contributed by atoms with Gasteiger partial charge in [0, 0.05) is 10.0 Å². The fraction of sp³-hybridized carbons (Fsp3) is 0.211. The van der Waals surface area contributed by atoms with Crippen LogP contribution in [0.3, 0.4) is 0 Å². The maximum absolute atomic E-state index is 12.5. The molecule has 134 valence electrons. The van der Waals surface area contributed by atoms with E-state index in [1.807, 2.05) is 56.3 Å². The molecule has 7 heteroatoms. The van der Waals surface area contributed by atoms with Crippen molar-refractivity contribution in [1.29, 1.82) is 0 Å². The summed E-state index contributed by atoms with van der Waals surface area (Å²) in [5.41, 5.74) is 3.40. The average Bonchev–Trinajstić information content (AvgIpc) is 3.02. The summed E-state index contributed by atoms with van der Waals surface area (Å²) < 4.78 is 11.5. The number of carbonyl (C=O) groups is 1. The Labute approximate surface area is 159 Å². The monoisotopic (exact) mass is 415 g/mol. The first-order chi connectivity index (χ1) is 12.4. The number of benzene rings is 2.